The van der Waals surface area contributed by atoms with E-state index in [1.54, 1.807) is 18.2 Å². The number of hydrogen-bond donors (Lipinski definition) is 3. The molecule has 0 aliphatic rings. The molecule has 1 atom stereocenters. The number of nitrogen functional groups attached to an aromatic ring is 1. The molecule has 1 aromatic carbocycles. The predicted molar refractivity (Wildman–Crippen MR) is 78.9 cm³/mol. The average Bonchev–Trinajstić information content (AvgIpc) is 2.42. The van der Waals surface area contributed by atoms with E-state index in [1.807, 2.05) is 19.1 Å². The molecule has 0 bridgehead atoms. The highest BCUT2D eigenvalue weighted by Gasteiger charge is 2.11. The number of hydrogen-bond acceptors (Lipinski definition) is 3. The van der Waals surface area contributed by atoms with Crippen molar-refractivity contribution in [3.63, 3.8) is 0 Å². The second-order valence-corrected chi connectivity index (χ2v) is 4.62. The number of amides is 1. The molecule has 1 amide bonds. The summed E-state index contributed by atoms with van der Waals surface area (Å²) in [7, 11) is 0. The molecule has 4 N–H and O–H groups in total. The average molecular weight is 276 g/mol. The van der Waals surface area contributed by atoms with Gasteiger partial charge in [-0.3, -0.25) is 9.59 Å². The van der Waals surface area contributed by atoms with Crippen LogP contribution in [-0.4, -0.2) is 23.5 Å². The molecule has 0 aliphatic carbocycles. The number of nitrogens with two attached hydrogens (primary N) is 1. The minimum Gasteiger partial charge on any atom is -0.481 e. The van der Waals surface area contributed by atoms with Gasteiger partial charge in [0.25, 0.3) is 0 Å². The van der Waals surface area contributed by atoms with Crippen LogP contribution in [0, 0.1) is 5.92 Å². The van der Waals surface area contributed by atoms with E-state index in [2.05, 4.69) is 5.32 Å². The lowest BCUT2D eigenvalue weighted by molar-refractivity contribution is -0.138. The molecule has 108 valence electrons. The maximum Gasteiger partial charge on any atom is 0.303 e. The lowest BCUT2D eigenvalue weighted by Gasteiger charge is -2.12. The van der Waals surface area contributed by atoms with E-state index in [0.717, 1.165) is 5.56 Å². The number of aliphatic carboxylic acids is 1. The van der Waals surface area contributed by atoms with E-state index < -0.39 is 5.97 Å². The molecule has 0 heterocycles. The summed E-state index contributed by atoms with van der Waals surface area (Å²) in [5.41, 5.74) is 7.12. The molecule has 0 saturated carbocycles. The molecular formula is C15H20N2O3. The van der Waals surface area contributed by atoms with Gasteiger partial charge in [0.05, 0.1) is 0 Å². The van der Waals surface area contributed by atoms with E-state index in [4.69, 9.17) is 10.8 Å². The molecule has 0 fully saturated rings. The molecule has 0 spiro atoms. The maximum absolute atomic E-state index is 11.6. The van der Waals surface area contributed by atoms with Gasteiger partial charge in [-0.1, -0.05) is 25.5 Å². The van der Waals surface area contributed by atoms with Gasteiger partial charge in [-0.25, -0.2) is 0 Å². The Morgan fingerprint density at radius 3 is 2.55 bits per heavy atom. The second kappa shape index (κ2) is 7.99. The van der Waals surface area contributed by atoms with Crippen LogP contribution in [0.4, 0.5) is 5.69 Å². The number of rotatable bonds is 7. The van der Waals surface area contributed by atoms with Crippen molar-refractivity contribution in [3.05, 3.63) is 35.9 Å². The Hall–Kier alpha value is -2.30. The smallest absolute Gasteiger partial charge is 0.303 e. The van der Waals surface area contributed by atoms with E-state index in [-0.39, 0.29) is 18.2 Å². The highest BCUT2D eigenvalue weighted by Crippen LogP contribution is 2.08. The fourth-order valence-electron chi connectivity index (χ4n) is 1.69. The van der Waals surface area contributed by atoms with Crippen molar-refractivity contribution in [3.8, 4) is 0 Å². The van der Waals surface area contributed by atoms with E-state index in [0.29, 0.717) is 18.7 Å². The van der Waals surface area contributed by atoms with Crippen molar-refractivity contribution >= 4 is 23.6 Å². The molecule has 0 aliphatic heterocycles. The monoisotopic (exact) mass is 276 g/mol. The molecule has 0 radical (unpaired) electrons. The highest BCUT2D eigenvalue weighted by atomic mass is 16.4. The minimum absolute atomic E-state index is 0.0404. The summed E-state index contributed by atoms with van der Waals surface area (Å²) in [6.45, 7) is 2.28. The topological polar surface area (TPSA) is 92.4 Å². The Labute approximate surface area is 118 Å². The van der Waals surface area contributed by atoms with E-state index >= 15 is 0 Å². The third-order valence-electron chi connectivity index (χ3n) is 2.97. The molecular weight excluding hydrogens is 256 g/mol. The van der Waals surface area contributed by atoms with Crippen LogP contribution in [0.25, 0.3) is 6.08 Å². The zero-order valence-electron chi connectivity index (χ0n) is 11.5. The van der Waals surface area contributed by atoms with Crippen LogP contribution in [0.5, 0.6) is 0 Å². The molecule has 0 aromatic heterocycles. The zero-order chi connectivity index (χ0) is 15.0. The molecule has 1 unspecified atom stereocenters. The fourth-order valence-corrected chi connectivity index (χ4v) is 1.69. The number of carboxylic acid groups (broad SMARTS) is 1. The number of benzene rings is 1. The summed E-state index contributed by atoms with van der Waals surface area (Å²) in [4.78, 5) is 22.2. The third kappa shape index (κ3) is 6.04. The summed E-state index contributed by atoms with van der Waals surface area (Å²) in [6, 6.07) is 7.16. The summed E-state index contributed by atoms with van der Waals surface area (Å²) in [5, 5.41) is 11.4. The lowest BCUT2D eigenvalue weighted by Crippen LogP contribution is -2.28. The van der Waals surface area contributed by atoms with Gasteiger partial charge in [-0.15, -0.1) is 0 Å². The maximum atomic E-state index is 11.6. The number of carbonyl (C=O) groups excluding carboxylic acids is 1. The lowest BCUT2D eigenvalue weighted by atomic mass is 10.0. The Morgan fingerprint density at radius 2 is 2.00 bits per heavy atom. The summed E-state index contributed by atoms with van der Waals surface area (Å²) in [6.07, 6.45) is 3.90. The van der Waals surface area contributed by atoms with Gasteiger partial charge in [0.1, 0.15) is 0 Å². The van der Waals surface area contributed by atoms with Crippen LogP contribution < -0.4 is 11.1 Å². The number of anilines is 1. The summed E-state index contributed by atoms with van der Waals surface area (Å²) < 4.78 is 0. The van der Waals surface area contributed by atoms with Gasteiger partial charge in [-0.05, 0) is 29.7 Å². The normalized spacial score (nSPS) is 12.2. The Morgan fingerprint density at radius 1 is 1.35 bits per heavy atom. The van der Waals surface area contributed by atoms with Gasteiger partial charge in [-0.2, -0.15) is 0 Å². The van der Waals surface area contributed by atoms with Crippen molar-refractivity contribution in [2.24, 2.45) is 5.92 Å². The molecule has 5 nitrogen and oxygen atoms in total. The first kappa shape index (κ1) is 15.8. The van der Waals surface area contributed by atoms with Crippen LogP contribution in [0.1, 0.15) is 25.3 Å². The Balaban J connectivity index is 2.43. The fraction of sp³-hybridized carbons (Fsp3) is 0.333. The van der Waals surface area contributed by atoms with Crippen LogP contribution in [0.15, 0.2) is 30.3 Å². The van der Waals surface area contributed by atoms with Crippen molar-refractivity contribution in [1.29, 1.82) is 0 Å². The third-order valence-corrected chi connectivity index (χ3v) is 2.97. The van der Waals surface area contributed by atoms with Crippen LogP contribution in [0.3, 0.4) is 0 Å². The van der Waals surface area contributed by atoms with Crippen molar-refractivity contribution in [2.45, 2.75) is 19.8 Å². The largest absolute Gasteiger partial charge is 0.481 e. The number of nitrogens with one attached hydrogen (secondary N) is 1. The molecule has 1 aromatic rings. The molecule has 5 heteroatoms. The quantitative estimate of drug-likeness (QED) is 0.524. The minimum atomic E-state index is -0.844. The first-order valence-corrected chi connectivity index (χ1v) is 6.54. The van der Waals surface area contributed by atoms with Crippen LogP contribution in [0.2, 0.25) is 0 Å². The first-order valence-electron chi connectivity index (χ1n) is 6.54. The molecule has 20 heavy (non-hydrogen) atoms. The van der Waals surface area contributed by atoms with Crippen LogP contribution >= 0.6 is 0 Å². The second-order valence-electron chi connectivity index (χ2n) is 4.62. The van der Waals surface area contributed by atoms with Gasteiger partial charge in [0.15, 0.2) is 0 Å². The van der Waals surface area contributed by atoms with Gasteiger partial charge in [0, 0.05) is 24.7 Å². The standard InChI is InChI=1S/C15H20N2O3/c1-2-11(9-15(19)20)10-17-14(18)8-5-12-3-6-13(16)7-4-12/h3-8,11H,2,9-10,16H2,1H3,(H,17,18)(H,19,20)/b8-5+. The zero-order valence-corrected chi connectivity index (χ0v) is 11.5. The first-order chi connectivity index (χ1) is 9.51. The van der Waals surface area contributed by atoms with E-state index in [9.17, 15) is 9.59 Å². The molecule has 0 saturated heterocycles. The van der Waals surface area contributed by atoms with Crippen molar-refractivity contribution in [2.75, 3.05) is 12.3 Å². The van der Waals surface area contributed by atoms with Crippen molar-refractivity contribution < 1.29 is 14.7 Å². The predicted octanol–water partition coefficient (Wildman–Crippen LogP) is 1.90. The Kier molecular flexibility index (Phi) is 6.29. The van der Waals surface area contributed by atoms with Crippen molar-refractivity contribution in [1.82, 2.24) is 5.32 Å². The highest BCUT2D eigenvalue weighted by molar-refractivity contribution is 5.91. The van der Waals surface area contributed by atoms with Crippen LogP contribution in [-0.2, 0) is 9.59 Å². The van der Waals surface area contributed by atoms with E-state index in [1.165, 1.54) is 6.08 Å². The summed E-state index contributed by atoms with van der Waals surface area (Å²) in [5.74, 6) is -1.12. The Bertz CT molecular complexity index is 480. The number of carboxylic acids is 1. The SMILES string of the molecule is CCC(CNC(=O)/C=C/c1ccc(N)cc1)CC(=O)O. The van der Waals surface area contributed by atoms with Gasteiger partial charge < -0.3 is 16.2 Å². The summed E-state index contributed by atoms with van der Waals surface area (Å²) >= 11 is 0. The molecule has 1 rings (SSSR count). The van der Waals surface area contributed by atoms with Gasteiger partial charge >= 0.3 is 5.97 Å². The number of carbonyl (C=O) groups is 2. The van der Waals surface area contributed by atoms with Gasteiger partial charge in [0.2, 0.25) is 5.91 Å².